The molecule has 2 aromatic carbocycles. The van der Waals surface area contributed by atoms with Crippen LogP contribution in [-0.2, 0) is 16.6 Å². The summed E-state index contributed by atoms with van der Waals surface area (Å²) < 4.78 is 39.4. The van der Waals surface area contributed by atoms with Crippen molar-refractivity contribution in [3.63, 3.8) is 0 Å². The second-order valence-corrected chi connectivity index (χ2v) is 8.49. The summed E-state index contributed by atoms with van der Waals surface area (Å²) in [5, 5.41) is 0. The zero-order valence-electron chi connectivity index (χ0n) is 16.6. The van der Waals surface area contributed by atoms with Gasteiger partial charge in [0.2, 0.25) is 0 Å². The Morgan fingerprint density at radius 2 is 1.72 bits per heavy atom. The van der Waals surface area contributed by atoms with Crippen LogP contribution in [0.1, 0.15) is 25.0 Å². The molecule has 0 spiro atoms. The molecule has 1 heterocycles. The molecule has 0 aliphatic rings. The second kappa shape index (κ2) is 8.96. The molecule has 1 aromatic heterocycles. The van der Waals surface area contributed by atoms with Crippen molar-refractivity contribution in [2.75, 3.05) is 4.72 Å². The number of ether oxygens (including phenoxy) is 2. The third-order valence-electron chi connectivity index (χ3n) is 4.15. The zero-order valence-corrected chi connectivity index (χ0v) is 17.4. The molecule has 29 heavy (non-hydrogen) atoms. The van der Waals surface area contributed by atoms with E-state index in [0.29, 0.717) is 18.1 Å². The van der Waals surface area contributed by atoms with E-state index in [4.69, 9.17) is 9.47 Å². The van der Waals surface area contributed by atoms with Crippen molar-refractivity contribution in [1.82, 2.24) is 4.98 Å². The lowest BCUT2D eigenvalue weighted by Gasteiger charge is -2.14. The lowest BCUT2D eigenvalue weighted by Crippen LogP contribution is -2.15. The van der Waals surface area contributed by atoms with Crippen molar-refractivity contribution in [3.05, 3.63) is 78.0 Å². The van der Waals surface area contributed by atoms with Crippen LogP contribution in [0.3, 0.4) is 0 Å². The maximum atomic E-state index is 12.8. The third kappa shape index (κ3) is 5.48. The SMILES string of the molecule is Cc1ccccc1COc1cccnc1NS(=O)(=O)c1ccc(OC(C)C)cc1. The largest absolute Gasteiger partial charge is 0.491 e. The van der Waals surface area contributed by atoms with Crippen LogP contribution < -0.4 is 14.2 Å². The lowest BCUT2D eigenvalue weighted by molar-refractivity contribution is 0.242. The Morgan fingerprint density at radius 3 is 2.41 bits per heavy atom. The summed E-state index contributed by atoms with van der Waals surface area (Å²) in [6, 6.07) is 17.5. The number of anilines is 1. The van der Waals surface area contributed by atoms with Crippen LogP contribution in [0, 0.1) is 6.92 Å². The summed E-state index contributed by atoms with van der Waals surface area (Å²) >= 11 is 0. The molecule has 0 radical (unpaired) electrons. The molecular formula is C22H24N2O4S. The van der Waals surface area contributed by atoms with Gasteiger partial charge in [-0.1, -0.05) is 24.3 Å². The van der Waals surface area contributed by atoms with Crippen LogP contribution in [0.5, 0.6) is 11.5 Å². The van der Waals surface area contributed by atoms with Crippen molar-refractivity contribution in [2.45, 2.75) is 38.4 Å². The van der Waals surface area contributed by atoms with E-state index < -0.39 is 10.0 Å². The molecule has 152 valence electrons. The van der Waals surface area contributed by atoms with E-state index in [0.717, 1.165) is 11.1 Å². The van der Waals surface area contributed by atoms with Crippen molar-refractivity contribution in [3.8, 4) is 11.5 Å². The fourth-order valence-electron chi connectivity index (χ4n) is 2.67. The number of pyridine rings is 1. The molecule has 3 aromatic rings. The summed E-state index contributed by atoms with van der Waals surface area (Å²) in [5.41, 5.74) is 2.12. The summed E-state index contributed by atoms with van der Waals surface area (Å²) in [6.07, 6.45) is 1.52. The van der Waals surface area contributed by atoms with Gasteiger partial charge in [0, 0.05) is 6.20 Å². The van der Waals surface area contributed by atoms with Gasteiger partial charge < -0.3 is 9.47 Å². The molecule has 0 atom stereocenters. The van der Waals surface area contributed by atoms with Crippen molar-refractivity contribution < 1.29 is 17.9 Å². The zero-order chi connectivity index (χ0) is 20.9. The fourth-order valence-corrected chi connectivity index (χ4v) is 3.69. The Balaban J connectivity index is 1.76. The Hall–Kier alpha value is -3.06. The van der Waals surface area contributed by atoms with E-state index in [2.05, 4.69) is 9.71 Å². The van der Waals surface area contributed by atoms with Gasteiger partial charge in [0.25, 0.3) is 10.0 Å². The minimum atomic E-state index is -3.82. The first kappa shape index (κ1) is 20.7. The van der Waals surface area contributed by atoms with Gasteiger partial charge in [0.15, 0.2) is 11.6 Å². The third-order valence-corrected chi connectivity index (χ3v) is 5.51. The summed E-state index contributed by atoms with van der Waals surface area (Å²) in [7, 11) is -3.82. The Labute approximate surface area is 171 Å². The van der Waals surface area contributed by atoms with Crippen LogP contribution in [-0.4, -0.2) is 19.5 Å². The monoisotopic (exact) mass is 412 g/mol. The number of nitrogens with one attached hydrogen (secondary N) is 1. The molecule has 0 amide bonds. The van der Waals surface area contributed by atoms with Crippen molar-refractivity contribution in [2.24, 2.45) is 0 Å². The number of aromatic nitrogens is 1. The number of rotatable bonds is 8. The van der Waals surface area contributed by atoms with Gasteiger partial charge in [-0.25, -0.2) is 13.4 Å². The summed E-state index contributed by atoms with van der Waals surface area (Å²) in [6.45, 7) is 6.13. The molecular weight excluding hydrogens is 388 g/mol. The summed E-state index contributed by atoms with van der Waals surface area (Å²) in [5.74, 6) is 1.11. The normalized spacial score (nSPS) is 11.3. The molecule has 0 saturated heterocycles. The summed E-state index contributed by atoms with van der Waals surface area (Å²) in [4.78, 5) is 4.26. The molecule has 1 N–H and O–H groups in total. The first-order valence-corrected chi connectivity index (χ1v) is 10.8. The maximum absolute atomic E-state index is 12.8. The average molecular weight is 413 g/mol. The highest BCUT2D eigenvalue weighted by Gasteiger charge is 2.18. The van der Waals surface area contributed by atoms with Crippen molar-refractivity contribution >= 4 is 15.8 Å². The number of benzene rings is 2. The van der Waals surface area contributed by atoms with Gasteiger partial charge in [0.05, 0.1) is 11.0 Å². The quantitative estimate of drug-likeness (QED) is 0.587. The van der Waals surface area contributed by atoms with Gasteiger partial charge >= 0.3 is 0 Å². The topological polar surface area (TPSA) is 77.5 Å². The van der Waals surface area contributed by atoms with Crippen LogP contribution in [0.4, 0.5) is 5.82 Å². The molecule has 0 aliphatic heterocycles. The predicted molar refractivity (Wildman–Crippen MR) is 113 cm³/mol. The van der Waals surface area contributed by atoms with Crippen LogP contribution in [0.15, 0.2) is 71.8 Å². The second-order valence-electron chi connectivity index (χ2n) is 6.81. The van der Waals surface area contributed by atoms with E-state index in [1.165, 1.54) is 18.3 Å². The molecule has 6 nitrogen and oxygen atoms in total. The van der Waals surface area contributed by atoms with Gasteiger partial charge in [-0.3, -0.25) is 4.72 Å². The number of aryl methyl sites for hydroxylation is 1. The minimum absolute atomic E-state index is 0.0112. The van der Waals surface area contributed by atoms with Gasteiger partial charge in [-0.05, 0) is 68.3 Å². The first-order chi connectivity index (χ1) is 13.8. The highest BCUT2D eigenvalue weighted by atomic mass is 32.2. The Morgan fingerprint density at radius 1 is 1.00 bits per heavy atom. The number of nitrogens with zero attached hydrogens (tertiary/aromatic N) is 1. The number of hydrogen-bond donors (Lipinski definition) is 1. The van der Waals surface area contributed by atoms with Gasteiger partial charge in [-0.2, -0.15) is 0 Å². The van der Waals surface area contributed by atoms with Crippen LogP contribution in [0.2, 0.25) is 0 Å². The molecule has 0 bridgehead atoms. The molecule has 0 saturated carbocycles. The molecule has 0 fully saturated rings. The predicted octanol–water partition coefficient (Wildman–Crippen LogP) is 4.56. The molecule has 0 aliphatic carbocycles. The van der Waals surface area contributed by atoms with E-state index in [9.17, 15) is 8.42 Å². The molecule has 0 unspecified atom stereocenters. The van der Waals surface area contributed by atoms with E-state index >= 15 is 0 Å². The number of hydrogen-bond acceptors (Lipinski definition) is 5. The number of sulfonamides is 1. The molecule has 3 rings (SSSR count). The molecule has 7 heteroatoms. The van der Waals surface area contributed by atoms with Crippen LogP contribution >= 0.6 is 0 Å². The maximum Gasteiger partial charge on any atom is 0.263 e. The highest BCUT2D eigenvalue weighted by molar-refractivity contribution is 7.92. The highest BCUT2D eigenvalue weighted by Crippen LogP contribution is 2.26. The Kier molecular flexibility index (Phi) is 6.39. The van der Waals surface area contributed by atoms with E-state index in [-0.39, 0.29) is 16.8 Å². The van der Waals surface area contributed by atoms with E-state index in [1.54, 1.807) is 24.3 Å². The van der Waals surface area contributed by atoms with Crippen molar-refractivity contribution in [1.29, 1.82) is 0 Å². The van der Waals surface area contributed by atoms with E-state index in [1.807, 2.05) is 45.0 Å². The minimum Gasteiger partial charge on any atom is -0.491 e. The van der Waals surface area contributed by atoms with Gasteiger partial charge in [-0.15, -0.1) is 0 Å². The van der Waals surface area contributed by atoms with Gasteiger partial charge in [0.1, 0.15) is 12.4 Å². The van der Waals surface area contributed by atoms with Crippen LogP contribution in [0.25, 0.3) is 0 Å². The standard InChI is InChI=1S/C22H24N2O4S/c1-16(2)28-19-10-12-20(13-11-19)29(25,26)24-22-21(9-6-14-23-22)27-15-18-8-5-4-7-17(18)3/h4-14,16H,15H2,1-3H3,(H,23,24). The Bertz CT molecular complexity index is 1060. The first-order valence-electron chi connectivity index (χ1n) is 9.27. The smallest absolute Gasteiger partial charge is 0.263 e. The average Bonchev–Trinajstić information content (AvgIpc) is 2.68. The lowest BCUT2D eigenvalue weighted by atomic mass is 10.1. The fraction of sp³-hybridized carbons (Fsp3) is 0.227.